The van der Waals surface area contributed by atoms with E-state index in [0.29, 0.717) is 5.15 Å². The molecule has 0 saturated heterocycles. The zero-order valence-corrected chi connectivity index (χ0v) is 18.8. The van der Waals surface area contributed by atoms with E-state index in [1.54, 1.807) is 27.8 Å². The average molecular weight is 444 g/mol. The molecule has 0 fully saturated rings. The number of rotatable bonds is 8. The van der Waals surface area contributed by atoms with Crippen molar-refractivity contribution < 1.29 is 0 Å². The number of halogens is 1. The first-order chi connectivity index (χ1) is 14.1. The molecule has 4 aromatic rings. The van der Waals surface area contributed by atoms with Crippen LogP contribution in [0.3, 0.4) is 0 Å². The molecule has 8 heteroatoms. The molecule has 0 atom stereocenters. The smallest absolute Gasteiger partial charge is 0.191 e. The second-order valence-electron chi connectivity index (χ2n) is 6.81. The number of nitrogens with zero attached hydrogens (tertiary/aromatic N) is 5. The summed E-state index contributed by atoms with van der Waals surface area (Å²) >= 11 is 9.82. The summed E-state index contributed by atoms with van der Waals surface area (Å²) in [6.07, 6.45) is 1.74. The van der Waals surface area contributed by atoms with Crippen molar-refractivity contribution >= 4 is 34.7 Å². The quantitative estimate of drug-likeness (QED) is 0.353. The van der Waals surface area contributed by atoms with Gasteiger partial charge in [0.15, 0.2) is 5.16 Å². The van der Waals surface area contributed by atoms with Crippen LogP contribution in [-0.4, -0.2) is 24.5 Å². The molecule has 1 aromatic carbocycles. The molecule has 0 aliphatic carbocycles. The number of aromatic nitrogens is 5. The van der Waals surface area contributed by atoms with Crippen molar-refractivity contribution in [3.05, 3.63) is 80.5 Å². The van der Waals surface area contributed by atoms with Gasteiger partial charge in [0, 0.05) is 36.2 Å². The number of hydrogen-bond donors (Lipinski definition) is 0. The Hall–Kier alpha value is -2.09. The van der Waals surface area contributed by atoms with Gasteiger partial charge in [0.2, 0.25) is 0 Å². The Morgan fingerprint density at radius 3 is 2.62 bits per heavy atom. The van der Waals surface area contributed by atoms with Gasteiger partial charge < -0.3 is 4.57 Å². The van der Waals surface area contributed by atoms with Gasteiger partial charge in [-0.1, -0.05) is 59.8 Å². The van der Waals surface area contributed by atoms with E-state index in [1.165, 1.54) is 10.4 Å². The molecule has 0 spiro atoms. The first-order valence-electron chi connectivity index (χ1n) is 9.41. The van der Waals surface area contributed by atoms with Crippen LogP contribution >= 0.6 is 34.7 Å². The molecule has 0 aliphatic heterocycles. The standard InChI is InChI=1S/C21H22ClN5S2/c1-15-18(20(22)26(2)25-15)14-29-21-24-23-19(13-17-9-6-12-28-17)27(21)11-10-16-7-4-3-5-8-16/h3-9,12H,10-11,13-14H2,1-2H3. The van der Waals surface area contributed by atoms with E-state index in [2.05, 4.69) is 61.6 Å². The third kappa shape index (κ3) is 4.74. The van der Waals surface area contributed by atoms with Crippen LogP contribution in [-0.2, 0) is 32.2 Å². The van der Waals surface area contributed by atoms with Gasteiger partial charge >= 0.3 is 0 Å². The number of thioether (sulfide) groups is 1. The Kier molecular flexibility index (Phi) is 6.37. The topological polar surface area (TPSA) is 48.5 Å². The maximum absolute atomic E-state index is 6.41. The highest BCUT2D eigenvalue weighted by Gasteiger charge is 2.17. The van der Waals surface area contributed by atoms with E-state index in [0.717, 1.165) is 47.4 Å². The van der Waals surface area contributed by atoms with Crippen molar-refractivity contribution in [2.45, 2.75) is 37.2 Å². The summed E-state index contributed by atoms with van der Waals surface area (Å²) in [7, 11) is 1.87. The fraction of sp³-hybridized carbons (Fsp3) is 0.286. The lowest BCUT2D eigenvalue weighted by molar-refractivity contribution is 0.610. The van der Waals surface area contributed by atoms with Crippen molar-refractivity contribution in [1.29, 1.82) is 0 Å². The van der Waals surface area contributed by atoms with Gasteiger partial charge in [-0.05, 0) is 30.4 Å². The molecule has 29 heavy (non-hydrogen) atoms. The summed E-state index contributed by atoms with van der Waals surface area (Å²) < 4.78 is 3.96. The lowest BCUT2D eigenvalue weighted by Crippen LogP contribution is -2.08. The van der Waals surface area contributed by atoms with Crippen LogP contribution in [0.5, 0.6) is 0 Å². The van der Waals surface area contributed by atoms with E-state index >= 15 is 0 Å². The van der Waals surface area contributed by atoms with Gasteiger partial charge in [-0.15, -0.1) is 21.5 Å². The van der Waals surface area contributed by atoms with Gasteiger partial charge in [0.1, 0.15) is 11.0 Å². The minimum Gasteiger partial charge on any atom is -0.305 e. The molecule has 3 aromatic heterocycles. The van der Waals surface area contributed by atoms with E-state index in [-0.39, 0.29) is 0 Å². The Morgan fingerprint density at radius 1 is 1.10 bits per heavy atom. The van der Waals surface area contributed by atoms with E-state index in [4.69, 9.17) is 11.6 Å². The number of thiophene rings is 1. The molecule has 5 nitrogen and oxygen atoms in total. The van der Waals surface area contributed by atoms with Crippen molar-refractivity contribution in [3.63, 3.8) is 0 Å². The fourth-order valence-corrected chi connectivity index (χ4v) is 5.30. The van der Waals surface area contributed by atoms with Crippen molar-refractivity contribution in [1.82, 2.24) is 24.5 Å². The Labute approximate surface area is 183 Å². The van der Waals surface area contributed by atoms with E-state index < -0.39 is 0 Å². The molecule has 3 heterocycles. The zero-order chi connectivity index (χ0) is 20.2. The summed E-state index contributed by atoms with van der Waals surface area (Å²) in [5.41, 5.74) is 3.32. The van der Waals surface area contributed by atoms with E-state index in [9.17, 15) is 0 Å². The van der Waals surface area contributed by atoms with Crippen LogP contribution in [0.15, 0.2) is 53.0 Å². The Morgan fingerprint density at radius 2 is 1.93 bits per heavy atom. The summed E-state index contributed by atoms with van der Waals surface area (Å²) in [6.45, 7) is 2.84. The second-order valence-corrected chi connectivity index (χ2v) is 9.14. The van der Waals surface area contributed by atoms with Gasteiger partial charge in [0.05, 0.1) is 5.69 Å². The highest BCUT2D eigenvalue weighted by atomic mass is 35.5. The molecule has 0 N–H and O–H groups in total. The molecule has 150 valence electrons. The summed E-state index contributed by atoms with van der Waals surface area (Å²) in [5.74, 6) is 1.72. The normalized spacial score (nSPS) is 11.3. The maximum atomic E-state index is 6.41. The number of hydrogen-bond acceptors (Lipinski definition) is 5. The summed E-state index contributed by atoms with van der Waals surface area (Å²) in [4.78, 5) is 1.29. The van der Waals surface area contributed by atoms with Gasteiger partial charge in [0.25, 0.3) is 0 Å². The molecular weight excluding hydrogens is 422 g/mol. The van der Waals surface area contributed by atoms with Crippen molar-refractivity contribution in [3.8, 4) is 0 Å². The largest absolute Gasteiger partial charge is 0.305 e. The number of benzene rings is 1. The minimum atomic E-state index is 0.684. The van der Waals surface area contributed by atoms with Crippen LogP contribution in [0.2, 0.25) is 5.15 Å². The molecule has 0 radical (unpaired) electrons. The van der Waals surface area contributed by atoms with Crippen LogP contribution < -0.4 is 0 Å². The molecule has 0 amide bonds. The molecule has 0 saturated carbocycles. The average Bonchev–Trinajstić information content (AvgIpc) is 3.42. The van der Waals surface area contributed by atoms with Crippen molar-refractivity contribution in [2.24, 2.45) is 7.05 Å². The predicted octanol–water partition coefficient (Wildman–Crippen LogP) is 5.16. The lowest BCUT2D eigenvalue weighted by Gasteiger charge is -2.10. The summed E-state index contributed by atoms with van der Waals surface area (Å²) in [6, 6.07) is 14.8. The predicted molar refractivity (Wildman–Crippen MR) is 120 cm³/mol. The zero-order valence-electron chi connectivity index (χ0n) is 16.4. The highest BCUT2D eigenvalue weighted by Crippen LogP contribution is 2.29. The number of aryl methyl sites for hydroxylation is 3. The Balaban J connectivity index is 1.55. The third-order valence-electron chi connectivity index (χ3n) is 4.79. The second kappa shape index (κ2) is 9.15. The Bertz CT molecular complexity index is 1070. The van der Waals surface area contributed by atoms with Gasteiger partial charge in [-0.25, -0.2) is 0 Å². The van der Waals surface area contributed by atoms with Crippen molar-refractivity contribution in [2.75, 3.05) is 0 Å². The molecular formula is C21H22ClN5S2. The SMILES string of the molecule is Cc1nn(C)c(Cl)c1CSc1nnc(Cc2cccs2)n1CCc1ccccc1. The van der Waals surface area contributed by atoms with Gasteiger partial charge in [-0.2, -0.15) is 5.10 Å². The lowest BCUT2D eigenvalue weighted by atomic mass is 10.1. The third-order valence-corrected chi connectivity index (χ3v) is 7.13. The van der Waals surface area contributed by atoms with Crippen LogP contribution in [0.4, 0.5) is 0 Å². The first-order valence-corrected chi connectivity index (χ1v) is 11.7. The minimum absolute atomic E-state index is 0.684. The molecule has 0 bridgehead atoms. The first kappa shape index (κ1) is 20.2. The van der Waals surface area contributed by atoms with Crippen LogP contribution in [0.25, 0.3) is 0 Å². The van der Waals surface area contributed by atoms with Crippen LogP contribution in [0, 0.1) is 6.92 Å². The van der Waals surface area contributed by atoms with E-state index in [1.807, 2.05) is 20.0 Å². The monoisotopic (exact) mass is 443 g/mol. The molecule has 4 rings (SSSR count). The molecule has 0 unspecified atom stereocenters. The summed E-state index contributed by atoms with van der Waals surface area (Å²) in [5, 5.41) is 17.1. The fourth-order valence-electron chi connectivity index (χ4n) is 3.21. The van der Waals surface area contributed by atoms with Crippen LogP contribution in [0.1, 0.15) is 27.5 Å². The molecule has 0 aliphatic rings. The maximum Gasteiger partial charge on any atom is 0.191 e. The highest BCUT2D eigenvalue weighted by molar-refractivity contribution is 7.98. The van der Waals surface area contributed by atoms with Gasteiger partial charge in [-0.3, -0.25) is 4.68 Å².